The number of fused-ring (bicyclic) bond motifs is 2. The van der Waals surface area contributed by atoms with Crippen LogP contribution in [0.25, 0.3) is 10.9 Å². The molecular formula is C18H15FN2O2S. The van der Waals surface area contributed by atoms with Crippen LogP contribution in [0.4, 0.5) is 4.39 Å². The molecule has 0 aliphatic heterocycles. The van der Waals surface area contributed by atoms with Crippen LogP contribution in [0.1, 0.15) is 23.6 Å². The highest BCUT2D eigenvalue weighted by atomic mass is 32.2. The van der Waals surface area contributed by atoms with E-state index in [-0.39, 0.29) is 21.8 Å². The van der Waals surface area contributed by atoms with Gasteiger partial charge in [-0.2, -0.15) is 0 Å². The van der Waals surface area contributed by atoms with Gasteiger partial charge in [0.2, 0.25) is 10.0 Å². The molecule has 4 nitrogen and oxygen atoms in total. The van der Waals surface area contributed by atoms with Crippen LogP contribution in [-0.4, -0.2) is 13.4 Å². The van der Waals surface area contributed by atoms with Gasteiger partial charge in [0.05, 0.1) is 4.90 Å². The van der Waals surface area contributed by atoms with E-state index in [2.05, 4.69) is 9.71 Å². The molecule has 6 heteroatoms. The molecule has 0 fully saturated rings. The lowest BCUT2D eigenvalue weighted by Crippen LogP contribution is -2.27. The third-order valence-electron chi connectivity index (χ3n) is 4.40. The minimum absolute atomic E-state index is 0.0522. The smallest absolute Gasteiger partial charge is 0.241 e. The Morgan fingerprint density at radius 1 is 1.08 bits per heavy atom. The topological polar surface area (TPSA) is 59.1 Å². The maximum atomic E-state index is 13.9. The maximum absolute atomic E-state index is 13.9. The molecule has 1 aliphatic rings. The number of halogens is 1. The third kappa shape index (κ3) is 2.48. The molecule has 4 rings (SSSR count). The summed E-state index contributed by atoms with van der Waals surface area (Å²) in [5, 5.41) is 0.288. The molecule has 0 bridgehead atoms. The van der Waals surface area contributed by atoms with E-state index in [0.29, 0.717) is 0 Å². The van der Waals surface area contributed by atoms with Crippen LogP contribution >= 0.6 is 0 Å². The Morgan fingerprint density at radius 2 is 1.92 bits per heavy atom. The highest BCUT2D eigenvalue weighted by Gasteiger charge is 2.28. The highest BCUT2D eigenvalue weighted by molar-refractivity contribution is 7.89. The lowest BCUT2D eigenvalue weighted by molar-refractivity contribution is 0.555. The van der Waals surface area contributed by atoms with Crippen molar-refractivity contribution in [3.05, 3.63) is 71.7 Å². The summed E-state index contributed by atoms with van der Waals surface area (Å²) in [5.41, 5.74) is 2.23. The third-order valence-corrected chi connectivity index (χ3v) is 5.93. The SMILES string of the molecule is O=S(=O)(N[C@H]1CCc2ccccc21)c1ccc(F)c2ncccc12. The summed E-state index contributed by atoms with van der Waals surface area (Å²) in [5.74, 6) is -0.532. The van der Waals surface area contributed by atoms with Crippen LogP contribution in [0.5, 0.6) is 0 Å². The number of rotatable bonds is 3. The number of hydrogen-bond donors (Lipinski definition) is 1. The molecule has 1 heterocycles. The summed E-state index contributed by atoms with van der Waals surface area (Å²) in [6, 6.07) is 13.2. The Balaban J connectivity index is 1.76. The first-order chi connectivity index (χ1) is 11.6. The van der Waals surface area contributed by atoms with E-state index in [4.69, 9.17) is 0 Å². The lowest BCUT2D eigenvalue weighted by atomic mass is 10.1. The average Bonchev–Trinajstić information content (AvgIpc) is 2.98. The number of aromatic nitrogens is 1. The fourth-order valence-corrected chi connectivity index (χ4v) is 4.72. The first-order valence-electron chi connectivity index (χ1n) is 7.69. The molecule has 122 valence electrons. The predicted octanol–water partition coefficient (Wildman–Crippen LogP) is 3.34. The molecule has 1 atom stereocenters. The number of sulfonamides is 1. The Bertz CT molecular complexity index is 1030. The van der Waals surface area contributed by atoms with Gasteiger partial charge in [0.25, 0.3) is 0 Å². The zero-order valence-electron chi connectivity index (χ0n) is 12.7. The lowest BCUT2D eigenvalue weighted by Gasteiger charge is -2.15. The van der Waals surface area contributed by atoms with E-state index >= 15 is 0 Å². The fraction of sp³-hybridized carbons (Fsp3) is 0.167. The molecule has 0 amide bonds. The van der Waals surface area contributed by atoms with Crippen molar-refractivity contribution in [1.29, 1.82) is 0 Å². The van der Waals surface area contributed by atoms with Crippen LogP contribution in [0.15, 0.2) is 59.6 Å². The zero-order chi connectivity index (χ0) is 16.7. The molecule has 1 aromatic heterocycles. The van der Waals surface area contributed by atoms with Crippen molar-refractivity contribution < 1.29 is 12.8 Å². The van der Waals surface area contributed by atoms with Crippen molar-refractivity contribution in [2.75, 3.05) is 0 Å². The van der Waals surface area contributed by atoms with Crippen LogP contribution < -0.4 is 4.72 Å². The Kier molecular flexibility index (Phi) is 3.58. The summed E-state index contributed by atoms with van der Waals surface area (Å²) in [4.78, 5) is 4.01. The minimum atomic E-state index is -3.79. The standard InChI is InChI=1S/C18H15FN2O2S/c19-15-8-10-17(14-6-3-11-20-18(14)15)24(22,23)21-16-9-7-12-4-1-2-5-13(12)16/h1-6,8,10-11,16,21H,7,9H2/t16-/m0/s1. The Morgan fingerprint density at radius 3 is 2.79 bits per heavy atom. The molecule has 2 aromatic carbocycles. The molecule has 24 heavy (non-hydrogen) atoms. The van der Waals surface area contributed by atoms with E-state index in [9.17, 15) is 12.8 Å². The largest absolute Gasteiger partial charge is 0.253 e. The van der Waals surface area contributed by atoms with Gasteiger partial charge in [-0.3, -0.25) is 4.98 Å². The summed E-state index contributed by atoms with van der Waals surface area (Å²) in [7, 11) is -3.79. The van der Waals surface area contributed by atoms with Crippen molar-refractivity contribution >= 4 is 20.9 Å². The van der Waals surface area contributed by atoms with E-state index in [1.165, 1.54) is 12.3 Å². The van der Waals surface area contributed by atoms with Crippen molar-refractivity contribution in [2.45, 2.75) is 23.8 Å². The molecule has 3 aromatic rings. The molecule has 1 N–H and O–H groups in total. The summed E-state index contributed by atoms with van der Waals surface area (Å²) in [6.07, 6.45) is 3.01. The highest BCUT2D eigenvalue weighted by Crippen LogP contribution is 2.33. The second-order valence-corrected chi connectivity index (χ2v) is 7.54. The van der Waals surface area contributed by atoms with E-state index in [1.54, 1.807) is 12.1 Å². The minimum Gasteiger partial charge on any atom is -0.253 e. The zero-order valence-corrected chi connectivity index (χ0v) is 13.6. The van der Waals surface area contributed by atoms with Crippen molar-refractivity contribution in [3.8, 4) is 0 Å². The first kappa shape index (κ1) is 15.2. The van der Waals surface area contributed by atoms with Gasteiger partial charge in [0.1, 0.15) is 11.3 Å². The molecule has 0 spiro atoms. The Hall–Kier alpha value is -2.31. The van der Waals surface area contributed by atoms with Gasteiger partial charge in [-0.25, -0.2) is 17.5 Å². The second-order valence-electron chi connectivity index (χ2n) is 5.86. The van der Waals surface area contributed by atoms with Crippen LogP contribution in [0.2, 0.25) is 0 Å². The second kappa shape index (κ2) is 5.65. The molecule has 1 aliphatic carbocycles. The number of pyridine rings is 1. The van der Waals surface area contributed by atoms with Crippen LogP contribution in [0, 0.1) is 5.82 Å². The van der Waals surface area contributed by atoms with Gasteiger partial charge >= 0.3 is 0 Å². The summed E-state index contributed by atoms with van der Waals surface area (Å²) < 4.78 is 42.4. The molecule has 0 radical (unpaired) electrons. The monoisotopic (exact) mass is 342 g/mol. The molecular weight excluding hydrogens is 327 g/mol. The van der Waals surface area contributed by atoms with Crippen LogP contribution in [-0.2, 0) is 16.4 Å². The number of aryl methyl sites for hydroxylation is 1. The van der Waals surface area contributed by atoms with Gasteiger partial charge in [-0.1, -0.05) is 24.3 Å². The van der Waals surface area contributed by atoms with Crippen molar-refractivity contribution in [3.63, 3.8) is 0 Å². The predicted molar refractivity (Wildman–Crippen MR) is 89.5 cm³/mol. The van der Waals surface area contributed by atoms with Gasteiger partial charge < -0.3 is 0 Å². The van der Waals surface area contributed by atoms with Gasteiger partial charge in [0, 0.05) is 17.6 Å². The van der Waals surface area contributed by atoms with E-state index < -0.39 is 15.8 Å². The van der Waals surface area contributed by atoms with Crippen LogP contribution in [0.3, 0.4) is 0 Å². The van der Waals surface area contributed by atoms with Gasteiger partial charge in [-0.05, 0) is 48.2 Å². The van der Waals surface area contributed by atoms with E-state index in [0.717, 1.165) is 30.0 Å². The van der Waals surface area contributed by atoms with E-state index in [1.807, 2.05) is 24.3 Å². The molecule has 0 saturated heterocycles. The summed E-state index contributed by atoms with van der Waals surface area (Å²) in [6.45, 7) is 0. The first-order valence-corrected chi connectivity index (χ1v) is 9.18. The average molecular weight is 342 g/mol. The van der Waals surface area contributed by atoms with Gasteiger partial charge in [0.15, 0.2) is 0 Å². The molecule has 0 saturated carbocycles. The molecule has 0 unspecified atom stereocenters. The fourth-order valence-electron chi connectivity index (χ4n) is 3.28. The van der Waals surface area contributed by atoms with Crippen molar-refractivity contribution in [1.82, 2.24) is 9.71 Å². The summed E-state index contributed by atoms with van der Waals surface area (Å²) >= 11 is 0. The Labute approximate surface area is 139 Å². The number of nitrogens with one attached hydrogen (secondary N) is 1. The normalized spacial score (nSPS) is 17.1. The maximum Gasteiger partial charge on any atom is 0.241 e. The number of nitrogens with zero attached hydrogens (tertiary/aromatic N) is 1. The number of benzene rings is 2. The number of hydrogen-bond acceptors (Lipinski definition) is 3. The van der Waals surface area contributed by atoms with Crippen molar-refractivity contribution in [2.24, 2.45) is 0 Å². The van der Waals surface area contributed by atoms with Gasteiger partial charge in [-0.15, -0.1) is 0 Å². The quantitative estimate of drug-likeness (QED) is 0.794.